The second kappa shape index (κ2) is 10.6. The van der Waals surface area contributed by atoms with Gasteiger partial charge in [0, 0.05) is 62.3 Å². The zero-order valence-electron chi connectivity index (χ0n) is 20.6. The summed E-state index contributed by atoms with van der Waals surface area (Å²) < 4.78 is 19.7. The fraction of sp³-hybridized carbons (Fsp3) is 0.393. The van der Waals surface area contributed by atoms with E-state index in [1.165, 1.54) is 6.07 Å². The van der Waals surface area contributed by atoms with Gasteiger partial charge in [0.2, 0.25) is 0 Å². The van der Waals surface area contributed by atoms with Crippen molar-refractivity contribution >= 4 is 28.5 Å². The van der Waals surface area contributed by atoms with E-state index in [2.05, 4.69) is 11.8 Å². The van der Waals surface area contributed by atoms with Gasteiger partial charge in [-0.2, -0.15) is 0 Å². The Hall–Kier alpha value is -3.52. The number of piperazine rings is 1. The Kier molecular flexibility index (Phi) is 7.13. The first-order chi connectivity index (χ1) is 17.5. The SMILES string of the molecule is CCCN1CCc2nc3ccccc3c(C(=O)OCC(=O)N3CCN(c4ccccc4F)CC3)c2C1. The van der Waals surface area contributed by atoms with Crippen LogP contribution >= 0.6 is 0 Å². The molecule has 3 heterocycles. The second-order valence-corrected chi connectivity index (χ2v) is 9.35. The third kappa shape index (κ3) is 4.91. The van der Waals surface area contributed by atoms with E-state index in [1.54, 1.807) is 23.1 Å². The number of amides is 1. The molecule has 0 radical (unpaired) electrons. The minimum absolute atomic E-state index is 0.239. The number of anilines is 1. The first kappa shape index (κ1) is 24.2. The van der Waals surface area contributed by atoms with Gasteiger partial charge in [0.1, 0.15) is 5.82 Å². The molecule has 0 unspecified atom stereocenters. The molecule has 0 saturated carbocycles. The molecule has 2 aliphatic heterocycles. The van der Waals surface area contributed by atoms with Gasteiger partial charge in [-0.15, -0.1) is 0 Å². The van der Waals surface area contributed by atoms with Crippen molar-refractivity contribution in [3.63, 3.8) is 0 Å². The molecule has 188 valence electrons. The van der Waals surface area contributed by atoms with Crippen molar-refractivity contribution in [1.82, 2.24) is 14.8 Å². The largest absolute Gasteiger partial charge is 0.452 e. The number of benzene rings is 2. The van der Waals surface area contributed by atoms with Gasteiger partial charge in [-0.05, 0) is 31.2 Å². The quantitative estimate of drug-likeness (QED) is 0.492. The number of carbonyl (C=O) groups is 2. The number of pyridine rings is 1. The lowest BCUT2D eigenvalue weighted by Crippen LogP contribution is -2.50. The maximum Gasteiger partial charge on any atom is 0.339 e. The Balaban J connectivity index is 1.27. The second-order valence-electron chi connectivity index (χ2n) is 9.35. The van der Waals surface area contributed by atoms with E-state index in [0.717, 1.165) is 48.1 Å². The van der Waals surface area contributed by atoms with Crippen molar-refractivity contribution < 1.29 is 18.7 Å². The van der Waals surface area contributed by atoms with Crippen molar-refractivity contribution in [1.29, 1.82) is 0 Å². The molecule has 1 saturated heterocycles. The Labute approximate surface area is 210 Å². The van der Waals surface area contributed by atoms with E-state index in [4.69, 9.17) is 9.72 Å². The average Bonchev–Trinajstić information content (AvgIpc) is 2.91. The number of hydrogen-bond donors (Lipinski definition) is 0. The van der Waals surface area contributed by atoms with E-state index in [0.29, 0.717) is 44.0 Å². The van der Waals surface area contributed by atoms with Crippen LogP contribution in [0.5, 0.6) is 0 Å². The molecule has 1 aromatic heterocycles. The topological polar surface area (TPSA) is 66.0 Å². The molecule has 0 N–H and O–H groups in total. The summed E-state index contributed by atoms with van der Waals surface area (Å²) in [6.07, 6.45) is 1.82. The Morgan fingerprint density at radius 2 is 1.75 bits per heavy atom. The number of carbonyl (C=O) groups excluding carboxylic acids is 2. The van der Waals surface area contributed by atoms with Crippen molar-refractivity contribution in [3.8, 4) is 0 Å². The number of para-hydroxylation sites is 2. The molecule has 36 heavy (non-hydrogen) atoms. The first-order valence-electron chi connectivity index (χ1n) is 12.6. The summed E-state index contributed by atoms with van der Waals surface area (Å²) in [5, 5.41) is 0.755. The van der Waals surface area contributed by atoms with Crippen molar-refractivity contribution in [2.75, 3.05) is 50.8 Å². The third-order valence-corrected chi connectivity index (χ3v) is 7.02. The molecule has 0 bridgehead atoms. The van der Waals surface area contributed by atoms with Gasteiger partial charge in [-0.1, -0.05) is 37.3 Å². The normalized spacial score (nSPS) is 16.2. The van der Waals surface area contributed by atoms with Crippen molar-refractivity contribution in [2.45, 2.75) is 26.3 Å². The minimum atomic E-state index is -0.485. The summed E-state index contributed by atoms with van der Waals surface area (Å²) in [5.41, 5.74) is 3.67. The maximum absolute atomic E-state index is 14.1. The predicted molar refractivity (Wildman–Crippen MR) is 136 cm³/mol. The molecule has 3 aromatic rings. The lowest BCUT2D eigenvalue weighted by atomic mass is 9.95. The highest BCUT2D eigenvalue weighted by molar-refractivity contribution is 6.05. The van der Waals surface area contributed by atoms with Gasteiger partial charge in [0.05, 0.1) is 16.8 Å². The molecule has 2 aliphatic rings. The Morgan fingerprint density at radius 1 is 1.00 bits per heavy atom. The standard InChI is InChI=1S/C28H31FN4O3/c1-2-12-31-13-11-24-21(18-31)27(20-7-3-5-9-23(20)30-24)28(35)36-19-26(34)33-16-14-32(15-17-33)25-10-6-4-8-22(25)29/h3-10H,2,11-19H2,1H3. The van der Waals surface area contributed by atoms with E-state index in [-0.39, 0.29) is 18.3 Å². The Morgan fingerprint density at radius 3 is 2.53 bits per heavy atom. The number of halogens is 1. The highest BCUT2D eigenvalue weighted by Gasteiger charge is 2.28. The molecule has 0 spiro atoms. The van der Waals surface area contributed by atoms with Crippen LogP contribution in [0.15, 0.2) is 48.5 Å². The van der Waals surface area contributed by atoms with E-state index in [9.17, 15) is 14.0 Å². The van der Waals surface area contributed by atoms with Crippen LogP contribution in [-0.4, -0.2) is 72.5 Å². The monoisotopic (exact) mass is 490 g/mol. The molecule has 0 aliphatic carbocycles. The molecule has 8 heteroatoms. The van der Waals surface area contributed by atoms with E-state index >= 15 is 0 Å². The fourth-order valence-electron chi connectivity index (χ4n) is 5.18. The van der Waals surface area contributed by atoms with Gasteiger partial charge in [-0.3, -0.25) is 14.7 Å². The molecule has 7 nitrogen and oxygen atoms in total. The average molecular weight is 491 g/mol. The first-order valence-corrected chi connectivity index (χ1v) is 12.6. The number of fused-ring (bicyclic) bond motifs is 2. The minimum Gasteiger partial charge on any atom is -0.452 e. The highest BCUT2D eigenvalue weighted by Crippen LogP contribution is 2.29. The predicted octanol–water partition coefficient (Wildman–Crippen LogP) is 3.65. The molecule has 0 atom stereocenters. The van der Waals surface area contributed by atoms with Crippen LogP contribution in [0.1, 0.15) is 35.0 Å². The third-order valence-electron chi connectivity index (χ3n) is 7.02. The van der Waals surface area contributed by atoms with Crippen LogP contribution in [0, 0.1) is 5.82 Å². The number of ether oxygens (including phenoxy) is 1. The molecule has 1 amide bonds. The molecule has 1 fully saturated rings. The van der Waals surface area contributed by atoms with Gasteiger partial charge in [0.15, 0.2) is 6.61 Å². The summed E-state index contributed by atoms with van der Waals surface area (Å²) >= 11 is 0. The number of hydrogen-bond acceptors (Lipinski definition) is 6. The van der Waals surface area contributed by atoms with E-state index in [1.807, 2.05) is 29.2 Å². The van der Waals surface area contributed by atoms with Crippen LogP contribution in [0.4, 0.5) is 10.1 Å². The van der Waals surface area contributed by atoms with Gasteiger partial charge in [0.25, 0.3) is 5.91 Å². The molecular weight excluding hydrogens is 459 g/mol. The number of aromatic nitrogens is 1. The van der Waals surface area contributed by atoms with Gasteiger partial charge < -0.3 is 14.5 Å². The van der Waals surface area contributed by atoms with Crippen molar-refractivity contribution in [3.05, 3.63) is 71.2 Å². The lowest BCUT2D eigenvalue weighted by molar-refractivity contribution is -0.134. The van der Waals surface area contributed by atoms with Gasteiger partial charge >= 0.3 is 5.97 Å². The summed E-state index contributed by atoms with van der Waals surface area (Å²) in [6, 6.07) is 14.3. The summed E-state index contributed by atoms with van der Waals surface area (Å²) in [4.78, 5) is 37.0. The van der Waals surface area contributed by atoms with Crippen LogP contribution in [-0.2, 0) is 22.5 Å². The van der Waals surface area contributed by atoms with Crippen molar-refractivity contribution in [2.24, 2.45) is 0 Å². The van der Waals surface area contributed by atoms with Crippen LogP contribution < -0.4 is 4.90 Å². The summed E-state index contributed by atoms with van der Waals surface area (Å²) in [5.74, 6) is -0.991. The highest BCUT2D eigenvalue weighted by atomic mass is 19.1. The number of rotatable bonds is 6. The maximum atomic E-state index is 14.1. The number of nitrogens with zero attached hydrogens (tertiary/aromatic N) is 4. The van der Waals surface area contributed by atoms with Crippen LogP contribution in [0.25, 0.3) is 10.9 Å². The van der Waals surface area contributed by atoms with E-state index < -0.39 is 5.97 Å². The molecular formula is C28H31FN4O3. The zero-order chi connectivity index (χ0) is 25.1. The summed E-state index contributed by atoms with van der Waals surface area (Å²) in [7, 11) is 0. The van der Waals surface area contributed by atoms with Crippen LogP contribution in [0.3, 0.4) is 0 Å². The van der Waals surface area contributed by atoms with Gasteiger partial charge in [-0.25, -0.2) is 9.18 Å². The Bertz CT molecular complexity index is 1270. The number of esters is 1. The molecule has 2 aromatic carbocycles. The fourth-order valence-corrected chi connectivity index (χ4v) is 5.18. The zero-order valence-corrected chi connectivity index (χ0v) is 20.6. The van der Waals surface area contributed by atoms with Crippen LogP contribution in [0.2, 0.25) is 0 Å². The smallest absolute Gasteiger partial charge is 0.339 e. The summed E-state index contributed by atoms with van der Waals surface area (Å²) in [6.45, 7) is 6.29. The molecule has 5 rings (SSSR count). The lowest BCUT2D eigenvalue weighted by Gasteiger charge is -2.36.